The van der Waals surface area contributed by atoms with E-state index in [0.717, 1.165) is 32.8 Å². The summed E-state index contributed by atoms with van der Waals surface area (Å²) < 4.78 is 7.33. The Morgan fingerprint density at radius 1 is 1.33 bits per heavy atom. The van der Waals surface area contributed by atoms with Gasteiger partial charge in [0.1, 0.15) is 0 Å². The van der Waals surface area contributed by atoms with E-state index in [-0.39, 0.29) is 6.04 Å². The molecule has 1 aliphatic rings. The van der Waals surface area contributed by atoms with E-state index in [1.54, 1.807) is 11.3 Å². The molecule has 0 aromatic carbocycles. The average molecular weight is 436 g/mol. The van der Waals surface area contributed by atoms with Crippen LogP contribution in [0.3, 0.4) is 0 Å². The van der Waals surface area contributed by atoms with Crippen molar-refractivity contribution in [2.24, 2.45) is 5.73 Å². The maximum absolute atomic E-state index is 6.21. The zero-order valence-corrected chi connectivity index (χ0v) is 15.4. The van der Waals surface area contributed by atoms with Crippen molar-refractivity contribution in [2.75, 3.05) is 19.6 Å². The van der Waals surface area contributed by atoms with Crippen LogP contribution >= 0.6 is 43.2 Å². The molecule has 21 heavy (non-hydrogen) atoms. The third kappa shape index (κ3) is 3.73. The van der Waals surface area contributed by atoms with Gasteiger partial charge in [-0.05, 0) is 63.9 Å². The van der Waals surface area contributed by atoms with Crippen LogP contribution in [0.4, 0.5) is 0 Å². The van der Waals surface area contributed by atoms with Crippen molar-refractivity contribution in [3.05, 3.63) is 20.1 Å². The summed E-state index contributed by atoms with van der Waals surface area (Å²) >= 11 is 8.47. The third-order valence-corrected chi connectivity index (χ3v) is 6.78. The van der Waals surface area contributed by atoms with Crippen molar-refractivity contribution in [2.45, 2.75) is 25.3 Å². The molecule has 3 rings (SSSR count). The van der Waals surface area contributed by atoms with Crippen LogP contribution in [0.15, 0.2) is 18.8 Å². The maximum atomic E-state index is 6.21. The number of rotatable bonds is 4. The molecule has 0 radical (unpaired) electrons. The van der Waals surface area contributed by atoms with Gasteiger partial charge in [-0.1, -0.05) is 11.6 Å². The Morgan fingerprint density at radius 2 is 2.10 bits per heavy atom. The minimum atomic E-state index is -0.201. The fraction of sp³-hybridized carbons (Fsp3) is 0.538. The number of thiophene rings is 1. The van der Waals surface area contributed by atoms with E-state index in [1.165, 1.54) is 19.3 Å². The molecule has 2 N–H and O–H groups in total. The van der Waals surface area contributed by atoms with E-state index in [0.29, 0.717) is 11.7 Å². The van der Waals surface area contributed by atoms with Gasteiger partial charge in [-0.15, -0.1) is 11.3 Å². The van der Waals surface area contributed by atoms with Gasteiger partial charge in [0.2, 0.25) is 0 Å². The molecular formula is C13H16Br2N4OS. The molecule has 0 spiro atoms. The van der Waals surface area contributed by atoms with Crippen LogP contribution < -0.4 is 5.73 Å². The third-order valence-electron chi connectivity index (χ3n) is 3.53. The van der Waals surface area contributed by atoms with E-state index in [9.17, 15) is 0 Å². The van der Waals surface area contributed by atoms with Gasteiger partial charge in [0.25, 0.3) is 5.89 Å². The molecule has 114 valence electrons. The van der Waals surface area contributed by atoms with Crippen molar-refractivity contribution >= 4 is 43.2 Å². The summed E-state index contributed by atoms with van der Waals surface area (Å²) in [7, 11) is 0. The molecule has 2 aromatic rings. The summed E-state index contributed by atoms with van der Waals surface area (Å²) in [5, 5.41) is 4.04. The van der Waals surface area contributed by atoms with Crippen LogP contribution in [0.2, 0.25) is 0 Å². The minimum Gasteiger partial charge on any atom is -0.333 e. The Bertz CT molecular complexity index is 590. The first-order valence-corrected chi connectivity index (χ1v) is 9.30. The fourth-order valence-corrected chi connectivity index (χ4v) is 4.40. The Kier molecular flexibility index (Phi) is 5.11. The van der Waals surface area contributed by atoms with E-state index in [4.69, 9.17) is 10.3 Å². The summed E-state index contributed by atoms with van der Waals surface area (Å²) in [5.74, 6) is 1.10. The number of hydrogen-bond donors (Lipinski definition) is 1. The van der Waals surface area contributed by atoms with E-state index >= 15 is 0 Å². The van der Waals surface area contributed by atoms with Crippen LogP contribution in [0, 0.1) is 0 Å². The van der Waals surface area contributed by atoms with Crippen LogP contribution in [0.25, 0.3) is 10.8 Å². The topological polar surface area (TPSA) is 68.2 Å². The molecule has 1 atom stereocenters. The lowest BCUT2D eigenvalue weighted by Gasteiger charge is -2.27. The minimum absolute atomic E-state index is 0.201. The molecule has 1 fully saturated rings. The molecule has 0 aliphatic carbocycles. The molecule has 0 bridgehead atoms. The molecule has 0 saturated carbocycles. The van der Waals surface area contributed by atoms with E-state index in [1.807, 2.05) is 6.07 Å². The first-order valence-electron chi connectivity index (χ1n) is 6.90. The van der Waals surface area contributed by atoms with Crippen molar-refractivity contribution in [1.29, 1.82) is 0 Å². The molecule has 3 heterocycles. The molecule has 1 unspecified atom stereocenters. The van der Waals surface area contributed by atoms with Gasteiger partial charge in [0.15, 0.2) is 5.82 Å². The number of nitrogens with two attached hydrogens (primary N) is 1. The average Bonchev–Trinajstić information content (AvgIpc) is 3.08. The zero-order valence-electron chi connectivity index (χ0n) is 11.4. The number of aromatic nitrogens is 2. The second-order valence-electron chi connectivity index (χ2n) is 5.16. The molecule has 1 saturated heterocycles. The van der Waals surface area contributed by atoms with Crippen molar-refractivity contribution in [3.8, 4) is 10.8 Å². The molecule has 2 aromatic heterocycles. The molecule has 1 aliphatic heterocycles. The molecular weight excluding hydrogens is 420 g/mol. The first-order chi connectivity index (χ1) is 10.1. The summed E-state index contributed by atoms with van der Waals surface area (Å²) in [6, 6.07) is 1.76. The van der Waals surface area contributed by atoms with E-state index < -0.39 is 0 Å². The number of piperidine rings is 1. The van der Waals surface area contributed by atoms with Crippen molar-refractivity contribution in [1.82, 2.24) is 15.0 Å². The lowest BCUT2D eigenvalue weighted by molar-refractivity contribution is 0.213. The van der Waals surface area contributed by atoms with Gasteiger partial charge in [-0.3, -0.25) is 0 Å². The largest absolute Gasteiger partial charge is 0.333 e. The lowest BCUT2D eigenvalue weighted by Crippen LogP contribution is -2.36. The molecule has 0 amide bonds. The second-order valence-corrected chi connectivity index (χ2v) is 8.38. The predicted molar refractivity (Wildman–Crippen MR) is 90.2 cm³/mol. The van der Waals surface area contributed by atoms with Crippen molar-refractivity contribution in [3.63, 3.8) is 0 Å². The van der Waals surface area contributed by atoms with Crippen LogP contribution in [0.1, 0.15) is 31.1 Å². The maximum Gasteiger partial charge on any atom is 0.268 e. The Balaban J connectivity index is 1.68. The summed E-state index contributed by atoms with van der Waals surface area (Å²) in [5.41, 5.74) is 6.21. The smallest absolute Gasteiger partial charge is 0.268 e. The Labute approximate surface area is 144 Å². The number of halogens is 2. The van der Waals surface area contributed by atoms with Crippen LogP contribution in [-0.4, -0.2) is 34.7 Å². The summed E-state index contributed by atoms with van der Waals surface area (Å²) in [6.45, 7) is 3.02. The molecule has 5 nitrogen and oxygen atoms in total. The summed E-state index contributed by atoms with van der Waals surface area (Å²) in [6.07, 6.45) is 3.82. The first kappa shape index (κ1) is 15.6. The van der Waals surface area contributed by atoms with Crippen LogP contribution in [-0.2, 0) is 0 Å². The lowest BCUT2D eigenvalue weighted by atomic mass is 10.1. The van der Waals surface area contributed by atoms with Gasteiger partial charge < -0.3 is 15.2 Å². The van der Waals surface area contributed by atoms with E-state index in [2.05, 4.69) is 46.9 Å². The zero-order chi connectivity index (χ0) is 14.8. The number of nitrogens with zero attached hydrogens (tertiary/aromatic N) is 3. The van der Waals surface area contributed by atoms with Gasteiger partial charge in [-0.25, -0.2) is 0 Å². The Morgan fingerprint density at radius 3 is 2.76 bits per heavy atom. The van der Waals surface area contributed by atoms with Gasteiger partial charge >= 0.3 is 0 Å². The quantitative estimate of drug-likeness (QED) is 0.790. The normalized spacial score (nSPS) is 18.0. The monoisotopic (exact) mass is 434 g/mol. The number of hydrogen-bond acceptors (Lipinski definition) is 6. The highest BCUT2D eigenvalue weighted by Crippen LogP contribution is 2.37. The highest BCUT2D eigenvalue weighted by Gasteiger charge is 2.20. The molecule has 8 heteroatoms. The highest BCUT2D eigenvalue weighted by molar-refractivity contribution is 9.13. The number of likely N-dealkylation sites (tertiary alicyclic amines) is 1. The fourth-order valence-electron chi connectivity index (χ4n) is 2.44. The SMILES string of the molecule is NC(CN1CCCCC1)c1noc(-c2cc(Br)c(Br)s2)n1. The van der Waals surface area contributed by atoms with Crippen LogP contribution in [0.5, 0.6) is 0 Å². The predicted octanol–water partition coefficient (Wildman–Crippen LogP) is 3.81. The Hall–Kier alpha value is -0.280. The highest BCUT2D eigenvalue weighted by atomic mass is 79.9. The van der Waals surface area contributed by atoms with Gasteiger partial charge in [-0.2, -0.15) is 4.98 Å². The van der Waals surface area contributed by atoms with Gasteiger partial charge in [0.05, 0.1) is 14.7 Å². The van der Waals surface area contributed by atoms with Crippen molar-refractivity contribution < 1.29 is 4.52 Å². The van der Waals surface area contributed by atoms with Gasteiger partial charge in [0, 0.05) is 11.0 Å². The second kappa shape index (κ2) is 6.87. The standard InChI is InChI=1S/C13H16Br2N4OS/c14-8-6-10(21-11(8)15)13-17-12(18-20-13)9(16)7-19-4-2-1-3-5-19/h6,9H,1-5,7,16H2. The summed E-state index contributed by atoms with van der Waals surface area (Å²) in [4.78, 5) is 7.75.